The molecule has 1 amide bonds. The molecule has 32 heavy (non-hydrogen) atoms. The lowest BCUT2D eigenvalue weighted by Crippen LogP contribution is -2.48. The molecule has 0 aromatic heterocycles. The molecule has 2 aromatic rings. The number of carbonyl (C=O) groups excluding carboxylic acids is 1. The van der Waals surface area contributed by atoms with Crippen LogP contribution in [0.2, 0.25) is 0 Å². The molecule has 4 rings (SSSR count). The quantitative estimate of drug-likeness (QED) is 0.750. The molecular formula is C24H29FN2O4S. The number of rotatable bonds is 4. The van der Waals surface area contributed by atoms with E-state index < -0.39 is 27.4 Å². The first-order valence-electron chi connectivity index (χ1n) is 10.9. The van der Waals surface area contributed by atoms with Crippen molar-refractivity contribution in [2.24, 2.45) is 5.92 Å². The van der Waals surface area contributed by atoms with Crippen LogP contribution in [0.3, 0.4) is 0 Å². The van der Waals surface area contributed by atoms with Crippen molar-refractivity contribution >= 4 is 15.9 Å². The van der Waals surface area contributed by atoms with Gasteiger partial charge in [-0.1, -0.05) is 12.1 Å². The Kier molecular flexibility index (Phi) is 6.02. The highest BCUT2D eigenvalue weighted by molar-refractivity contribution is 7.89. The number of nitrogens with one attached hydrogen (secondary N) is 1. The van der Waals surface area contributed by atoms with Crippen LogP contribution >= 0.6 is 0 Å². The van der Waals surface area contributed by atoms with E-state index in [1.54, 1.807) is 0 Å². The van der Waals surface area contributed by atoms with Crippen molar-refractivity contribution in [1.82, 2.24) is 9.62 Å². The molecule has 172 valence electrons. The molecule has 2 heterocycles. The largest absolute Gasteiger partial charge is 0.487 e. The summed E-state index contributed by atoms with van der Waals surface area (Å²) in [7, 11) is -3.78. The summed E-state index contributed by atoms with van der Waals surface area (Å²) in [6, 6.07) is 10.5. The summed E-state index contributed by atoms with van der Waals surface area (Å²) < 4.78 is 46.6. The summed E-state index contributed by atoms with van der Waals surface area (Å²) in [6.07, 6.45) is 1.83. The van der Waals surface area contributed by atoms with Crippen LogP contribution in [-0.2, 0) is 14.8 Å². The van der Waals surface area contributed by atoms with Crippen LogP contribution < -0.4 is 10.1 Å². The molecule has 2 aliphatic heterocycles. The summed E-state index contributed by atoms with van der Waals surface area (Å²) in [6.45, 7) is 6.44. The average Bonchev–Trinajstić information content (AvgIpc) is 2.73. The molecule has 1 N–H and O–H groups in total. The lowest BCUT2D eigenvalue weighted by atomic mass is 9.88. The lowest BCUT2D eigenvalue weighted by molar-refractivity contribution is -0.127. The third-order valence-electron chi connectivity index (χ3n) is 6.15. The summed E-state index contributed by atoms with van der Waals surface area (Å²) in [5.74, 6) is -0.317. The number of nitrogens with zero attached hydrogens (tertiary/aromatic N) is 1. The zero-order valence-corrected chi connectivity index (χ0v) is 19.4. The van der Waals surface area contributed by atoms with Gasteiger partial charge in [-0.3, -0.25) is 4.79 Å². The normalized spacial score (nSPS) is 23.1. The van der Waals surface area contributed by atoms with Crippen molar-refractivity contribution in [2.75, 3.05) is 13.1 Å². The molecule has 0 unspecified atom stereocenters. The maximum Gasteiger partial charge on any atom is 0.243 e. The third kappa shape index (κ3) is 4.66. The number of halogens is 1. The molecule has 1 fully saturated rings. The maximum absolute atomic E-state index is 13.2. The third-order valence-corrected chi connectivity index (χ3v) is 8.03. The highest BCUT2D eigenvalue weighted by atomic mass is 32.2. The van der Waals surface area contributed by atoms with Crippen LogP contribution in [-0.4, -0.2) is 37.3 Å². The van der Waals surface area contributed by atoms with E-state index in [0.29, 0.717) is 25.8 Å². The van der Waals surface area contributed by atoms with Crippen LogP contribution in [0.4, 0.5) is 4.39 Å². The minimum Gasteiger partial charge on any atom is -0.487 e. The van der Waals surface area contributed by atoms with Crippen LogP contribution in [0.15, 0.2) is 47.4 Å². The molecule has 2 aromatic carbocycles. The standard InChI is InChI=1S/C24H29FN2O4S/c1-16-6-11-20-21(14-24(2,3)31-22(20)13-16)26-23(28)17-5-4-12-27(15-17)32(29,30)19-9-7-18(25)8-10-19/h6-11,13,17,21H,4-5,12,14-15H2,1-3H3,(H,26,28)/t17-,21+/m1/s1. The zero-order chi connectivity index (χ0) is 23.1. The van der Waals surface area contributed by atoms with Crippen LogP contribution in [0.1, 0.15) is 50.3 Å². The number of ether oxygens (including phenoxy) is 1. The Morgan fingerprint density at radius 2 is 1.91 bits per heavy atom. The fourth-order valence-corrected chi connectivity index (χ4v) is 6.03. The minimum atomic E-state index is -3.78. The average molecular weight is 461 g/mol. The Morgan fingerprint density at radius 3 is 2.62 bits per heavy atom. The predicted octanol–water partition coefficient (Wildman–Crippen LogP) is 3.95. The molecule has 2 atom stereocenters. The summed E-state index contributed by atoms with van der Waals surface area (Å²) in [5.41, 5.74) is 1.60. The number of aryl methyl sites for hydroxylation is 1. The topological polar surface area (TPSA) is 75.7 Å². The first-order chi connectivity index (χ1) is 15.0. The second-order valence-corrected chi connectivity index (χ2v) is 11.3. The van der Waals surface area contributed by atoms with Gasteiger partial charge in [0.15, 0.2) is 0 Å². The fourth-order valence-electron chi connectivity index (χ4n) is 4.51. The first-order valence-corrected chi connectivity index (χ1v) is 12.3. The predicted molar refractivity (Wildman–Crippen MR) is 119 cm³/mol. The van der Waals surface area contributed by atoms with Crippen molar-refractivity contribution in [3.63, 3.8) is 0 Å². The SMILES string of the molecule is Cc1ccc2c(c1)OC(C)(C)C[C@@H]2NC(=O)[C@@H]1CCCN(S(=O)(=O)c2ccc(F)cc2)C1. The smallest absolute Gasteiger partial charge is 0.243 e. The van der Waals surface area contributed by atoms with E-state index in [4.69, 9.17) is 4.74 Å². The summed E-state index contributed by atoms with van der Waals surface area (Å²) in [5, 5.41) is 3.15. The van der Waals surface area contributed by atoms with Crippen LogP contribution in [0.25, 0.3) is 0 Å². The maximum atomic E-state index is 13.2. The Hall–Kier alpha value is -2.45. The second-order valence-electron chi connectivity index (χ2n) is 9.32. The summed E-state index contributed by atoms with van der Waals surface area (Å²) >= 11 is 0. The molecule has 2 aliphatic rings. The van der Waals surface area contributed by atoms with Crippen molar-refractivity contribution in [3.8, 4) is 5.75 Å². The number of sulfonamides is 1. The zero-order valence-electron chi connectivity index (χ0n) is 18.6. The number of fused-ring (bicyclic) bond motifs is 1. The highest BCUT2D eigenvalue weighted by Gasteiger charge is 2.38. The number of piperidine rings is 1. The van der Waals surface area contributed by atoms with Gasteiger partial charge in [-0.2, -0.15) is 4.31 Å². The minimum absolute atomic E-state index is 0.0374. The second kappa shape index (κ2) is 8.48. The van der Waals surface area contributed by atoms with E-state index in [9.17, 15) is 17.6 Å². The van der Waals surface area contributed by atoms with Gasteiger partial charge in [0.25, 0.3) is 0 Å². The van der Waals surface area contributed by atoms with E-state index >= 15 is 0 Å². The van der Waals surface area contributed by atoms with Gasteiger partial charge in [0.05, 0.1) is 16.9 Å². The van der Waals surface area contributed by atoms with Crippen molar-refractivity contribution in [1.29, 1.82) is 0 Å². The van der Waals surface area contributed by atoms with E-state index in [1.807, 2.05) is 39.0 Å². The van der Waals surface area contributed by atoms with Gasteiger partial charge in [-0.15, -0.1) is 0 Å². The number of amides is 1. The number of benzene rings is 2. The molecule has 0 spiro atoms. The molecule has 8 heteroatoms. The Labute approximate surface area is 188 Å². The van der Waals surface area contributed by atoms with E-state index in [2.05, 4.69) is 5.32 Å². The van der Waals surface area contributed by atoms with Gasteiger partial charge >= 0.3 is 0 Å². The Bertz CT molecular complexity index is 1120. The molecule has 0 bridgehead atoms. The van der Waals surface area contributed by atoms with Crippen molar-refractivity contribution in [2.45, 2.75) is 56.6 Å². The number of hydrogen-bond acceptors (Lipinski definition) is 4. The lowest BCUT2D eigenvalue weighted by Gasteiger charge is -2.39. The molecule has 6 nitrogen and oxygen atoms in total. The molecule has 0 aliphatic carbocycles. The van der Waals surface area contributed by atoms with Crippen molar-refractivity contribution < 1.29 is 22.3 Å². The molecular weight excluding hydrogens is 431 g/mol. The van der Waals surface area contributed by atoms with Gasteiger partial charge in [-0.25, -0.2) is 12.8 Å². The van der Waals surface area contributed by atoms with Gasteiger partial charge in [0.1, 0.15) is 17.2 Å². The van der Waals surface area contributed by atoms with E-state index in [0.717, 1.165) is 29.0 Å². The van der Waals surface area contributed by atoms with Crippen LogP contribution in [0.5, 0.6) is 5.75 Å². The van der Waals surface area contributed by atoms with Crippen LogP contribution in [0, 0.1) is 18.7 Å². The monoisotopic (exact) mass is 460 g/mol. The number of hydrogen-bond donors (Lipinski definition) is 1. The first kappa shape index (κ1) is 22.7. The van der Waals surface area contributed by atoms with Crippen molar-refractivity contribution in [3.05, 3.63) is 59.4 Å². The Balaban J connectivity index is 1.50. The van der Waals surface area contributed by atoms with E-state index in [1.165, 1.54) is 16.4 Å². The van der Waals surface area contributed by atoms with Gasteiger partial charge in [0, 0.05) is 25.1 Å². The highest BCUT2D eigenvalue weighted by Crippen LogP contribution is 2.40. The van der Waals surface area contributed by atoms with Gasteiger partial charge in [0.2, 0.25) is 15.9 Å². The molecule has 1 saturated heterocycles. The molecule has 0 saturated carbocycles. The molecule has 0 radical (unpaired) electrons. The number of carbonyl (C=O) groups is 1. The van der Waals surface area contributed by atoms with Gasteiger partial charge in [-0.05, 0) is 69.5 Å². The Morgan fingerprint density at radius 1 is 1.19 bits per heavy atom. The van der Waals surface area contributed by atoms with Gasteiger partial charge < -0.3 is 10.1 Å². The summed E-state index contributed by atoms with van der Waals surface area (Å²) in [4.78, 5) is 13.2. The van der Waals surface area contributed by atoms with E-state index in [-0.39, 0.29) is 23.4 Å². The fraction of sp³-hybridized carbons (Fsp3) is 0.458.